The number of nitrogens with zero attached hydrogens (tertiary/aromatic N) is 2. The van der Waals surface area contributed by atoms with Crippen LogP contribution in [0.15, 0.2) is 30.3 Å². The summed E-state index contributed by atoms with van der Waals surface area (Å²) >= 11 is 0.776. The van der Waals surface area contributed by atoms with Gasteiger partial charge in [-0.3, -0.25) is 15.1 Å². The fourth-order valence-corrected chi connectivity index (χ4v) is 5.09. The van der Waals surface area contributed by atoms with E-state index in [1.165, 1.54) is 0 Å². The van der Waals surface area contributed by atoms with E-state index in [-0.39, 0.29) is 15.3 Å². The zero-order valence-electron chi connectivity index (χ0n) is 18.0. The minimum atomic E-state index is -1.63. The summed E-state index contributed by atoms with van der Waals surface area (Å²) in [5.41, 5.74) is 2.41. The normalized spacial score (nSPS) is 15.4. The second kappa shape index (κ2) is 8.68. The molecule has 1 N–H and O–H groups in total. The van der Waals surface area contributed by atoms with Crippen molar-refractivity contribution in [3.05, 3.63) is 64.6 Å². The first-order valence-corrected chi connectivity index (χ1v) is 11.4. The SMILES string of the molecule is CC1CCc2nc3ccccc3c(C(=O)OCC(=O)Nc3nc4c(F)c(F)c(F)cc4s3)c2C1. The number of para-hydroxylation sites is 1. The standard InChI is InChI=1S/C24H18F3N3O3S/c1-11-6-7-16-13(8-11)19(12-4-2-3-5-15(12)28-16)23(32)33-10-18(31)29-24-30-22-17(34-24)9-14(25)20(26)21(22)27/h2-5,9,11H,6-8,10H2,1H3,(H,29,30,31). The molecule has 0 radical (unpaired) electrons. The van der Waals surface area contributed by atoms with Crippen molar-refractivity contribution in [2.24, 2.45) is 5.92 Å². The number of ether oxygens (including phenoxy) is 1. The molecule has 10 heteroatoms. The number of nitrogens with one attached hydrogen (secondary N) is 1. The lowest BCUT2D eigenvalue weighted by molar-refractivity contribution is -0.119. The van der Waals surface area contributed by atoms with Crippen LogP contribution in [0, 0.1) is 23.4 Å². The minimum Gasteiger partial charge on any atom is -0.452 e. The van der Waals surface area contributed by atoms with Crippen LogP contribution in [0.5, 0.6) is 0 Å². The Hall–Kier alpha value is -3.53. The molecule has 1 atom stereocenters. The summed E-state index contributed by atoms with van der Waals surface area (Å²) in [6.45, 7) is 1.50. The molecule has 1 unspecified atom stereocenters. The van der Waals surface area contributed by atoms with E-state index in [0.29, 0.717) is 28.8 Å². The first kappa shape index (κ1) is 22.3. The zero-order chi connectivity index (χ0) is 24.0. The summed E-state index contributed by atoms with van der Waals surface area (Å²) < 4.78 is 46.1. The summed E-state index contributed by atoms with van der Waals surface area (Å²) in [6.07, 6.45) is 2.43. The highest BCUT2D eigenvalue weighted by Crippen LogP contribution is 2.32. The molecule has 0 bridgehead atoms. The van der Waals surface area contributed by atoms with Gasteiger partial charge < -0.3 is 4.74 Å². The Bertz CT molecular complexity index is 1470. The van der Waals surface area contributed by atoms with Gasteiger partial charge in [0, 0.05) is 11.1 Å². The average molecular weight is 485 g/mol. The summed E-state index contributed by atoms with van der Waals surface area (Å²) in [5, 5.41) is 2.97. The van der Waals surface area contributed by atoms with Crippen LogP contribution < -0.4 is 5.32 Å². The molecule has 174 valence electrons. The monoisotopic (exact) mass is 485 g/mol. The molecule has 1 aliphatic carbocycles. The third-order valence-electron chi connectivity index (χ3n) is 5.81. The number of carbonyl (C=O) groups is 2. The Balaban J connectivity index is 1.36. The predicted octanol–water partition coefficient (Wildman–Crippen LogP) is 5.18. The van der Waals surface area contributed by atoms with E-state index in [4.69, 9.17) is 9.72 Å². The van der Waals surface area contributed by atoms with E-state index in [1.54, 1.807) is 6.07 Å². The molecule has 2 aromatic heterocycles. The molecule has 2 heterocycles. The van der Waals surface area contributed by atoms with E-state index in [2.05, 4.69) is 17.2 Å². The van der Waals surface area contributed by atoms with Crippen molar-refractivity contribution < 1.29 is 27.5 Å². The number of rotatable bonds is 4. The quantitative estimate of drug-likeness (QED) is 0.318. The van der Waals surface area contributed by atoms with Crippen molar-refractivity contribution in [3.8, 4) is 0 Å². The van der Waals surface area contributed by atoms with E-state index in [0.717, 1.165) is 41.5 Å². The molecule has 34 heavy (non-hydrogen) atoms. The van der Waals surface area contributed by atoms with E-state index < -0.39 is 35.9 Å². The summed E-state index contributed by atoms with van der Waals surface area (Å²) in [7, 11) is 0. The number of hydrogen-bond donors (Lipinski definition) is 1. The van der Waals surface area contributed by atoms with Gasteiger partial charge in [-0.2, -0.15) is 0 Å². The molecule has 6 nitrogen and oxygen atoms in total. The van der Waals surface area contributed by atoms with E-state index >= 15 is 0 Å². The van der Waals surface area contributed by atoms with Gasteiger partial charge in [-0.25, -0.2) is 22.9 Å². The van der Waals surface area contributed by atoms with Gasteiger partial charge >= 0.3 is 5.97 Å². The van der Waals surface area contributed by atoms with Crippen LogP contribution in [-0.4, -0.2) is 28.5 Å². The zero-order valence-corrected chi connectivity index (χ0v) is 18.8. The maximum Gasteiger partial charge on any atom is 0.339 e. The summed E-state index contributed by atoms with van der Waals surface area (Å²) in [4.78, 5) is 34.0. The Morgan fingerprint density at radius 1 is 1.18 bits per heavy atom. The van der Waals surface area contributed by atoms with Gasteiger partial charge in [0.25, 0.3) is 5.91 Å². The van der Waals surface area contributed by atoms with Crippen LogP contribution in [0.1, 0.15) is 35.0 Å². The first-order chi connectivity index (χ1) is 16.3. The summed E-state index contributed by atoms with van der Waals surface area (Å²) in [6, 6.07) is 8.08. The Labute approximate surface area is 195 Å². The lowest BCUT2D eigenvalue weighted by Gasteiger charge is -2.24. The second-order valence-corrected chi connectivity index (χ2v) is 9.28. The Morgan fingerprint density at radius 3 is 2.79 bits per heavy atom. The predicted molar refractivity (Wildman–Crippen MR) is 121 cm³/mol. The molecule has 0 aliphatic heterocycles. The molecule has 4 aromatic rings. The van der Waals surface area contributed by atoms with Gasteiger partial charge in [0.2, 0.25) is 0 Å². The highest BCUT2D eigenvalue weighted by atomic mass is 32.1. The maximum absolute atomic E-state index is 13.9. The molecule has 0 fully saturated rings. The molecule has 5 rings (SSSR count). The van der Waals surface area contributed by atoms with Crippen molar-refractivity contribution in [1.29, 1.82) is 0 Å². The smallest absolute Gasteiger partial charge is 0.339 e. The maximum atomic E-state index is 13.9. The van der Waals surface area contributed by atoms with E-state index in [1.807, 2.05) is 18.2 Å². The number of fused-ring (bicyclic) bond motifs is 3. The first-order valence-electron chi connectivity index (χ1n) is 10.6. The lowest BCUT2D eigenvalue weighted by atomic mass is 9.84. The number of benzene rings is 2. The number of anilines is 1. The molecule has 0 spiro atoms. The van der Waals surface area contributed by atoms with Crippen molar-refractivity contribution >= 4 is 49.5 Å². The molecule has 2 aromatic carbocycles. The van der Waals surface area contributed by atoms with Crippen LogP contribution in [0.3, 0.4) is 0 Å². The third-order valence-corrected chi connectivity index (χ3v) is 6.73. The molecule has 0 saturated heterocycles. The highest BCUT2D eigenvalue weighted by molar-refractivity contribution is 7.22. The number of carbonyl (C=O) groups excluding carboxylic acids is 2. The number of amides is 1. The van der Waals surface area contributed by atoms with Gasteiger partial charge in [0.1, 0.15) is 5.52 Å². The van der Waals surface area contributed by atoms with Crippen molar-refractivity contribution in [1.82, 2.24) is 9.97 Å². The number of esters is 1. The van der Waals surface area contributed by atoms with Gasteiger partial charge in [-0.05, 0) is 42.9 Å². The Kier molecular flexibility index (Phi) is 5.68. The molecular weight excluding hydrogens is 467 g/mol. The lowest BCUT2D eigenvalue weighted by Crippen LogP contribution is -2.23. The minimum absolute atomic E-state index is 0.0349. The average Bonchev–Trinajstić information content (AvgIpc) is 3.21. The Morgan fingerprint density at radius 2 is 1.97 bits per heavy atom. The molecular formula is C24H18F3N3O3S. The fourth-order valence-electron chi connectivity index (χ4n) is 4.18. The topological polar surface area (TPSA) is 81.2 Å². The van der Waals surface area contributed by atoms with Crippen molar-refractivity contribution in [2.45, 2.75) is 26.2 Å². The fraction of sp³-hybridized carbons (Fsp3) is 0.250. The van der Waals surface area contributed by atoms with Crippen LogP contribution in [0.2, 0.25) is 0 Å². The second-order valence-electron chi connectivity index (χ2n) is 8.25. The molecule has 0 saturated carbocycles. The number of hydrogen-bond acceptors (Lipinski definition) is 6. The van der Waals surface area contributed by atoms with Crippen LogP contribution in [0.25, 0.3) is 21.1 Å². The van der Waals surface area contributed by atoms with Crippen LogP contribution in [-0.2, 0) is 22.4 Å². The number of pyridine rings is 1. The number of thiazole rings is 1. The van der Waals surface area contributed by atoms with E-state index in [9.17, 15) is 22.8 Å². The highest BCUT2D eigenvalue weighted by Gasteiger charge is 2.26. The van der Waals surface area contributed by atoms with Gasteiger partial charge in [0.15, 0.2) is 29.2 Å². The summed E-state index contributed by atoms with van der Waals surface area (Å²) in [5.74, 6) is -5.37. The molecule has 1 aliphatic rings. The van der Waals surface area contributed by atoms with Crippen LogP contribution >= 0.6 is 11.3 Å². The third kappa shape index (κ3) is 3.98. The van der Waals surface area contributed by atoms with Crippen LogP contribution in [0.4, 0.5) is 18.3 Å². The number of halogens is 3. The van der Waals surface area contributed by atoms with Gasteiger partial charge in [-0.1, -0.05) is 36.5 Å². The van der Waals surface area contributed by atoms with Gasteiger partial charge in [-0.15, -0.1) is 0 Å². The largest absolute Gasteiger partial charge is 0.452 e. The number of aromatic nitrogens is 2. The van der Waals surface area contributed by atoms with Crippen molar-refractivity contribution in [3.63, 3.8) is 0 Å². The van der Waals surface area contributed by atoms with Crippen molar-refractivity contribution in [2.75, 3.05) is 11.9 Å². The van der Waals surface area contributed by atoms with Gasteiger partial charge in [0.05, 0.1) is 15.8 Å². The molecule has 1 amide bonds. The number of aryl methyl sites for hydroxylation is 1.